The Hall–Kier alpha value is -3.34. The monoisotopic (exact) mass is 334 g/mol. The van der Waals surface area contributed by atoms with Gasteiger partial charge in [0.15, 0.2) is 5.76 Å². The lowest BCUT2D eigenvalue weighted by Crippen LogP contribution is -2.16. The third kappa shape index (κ3) is 3.77. The number of rotatable bonds is 4. The van der Waals surface area contributed by atoms with Gasteiger partial charge in [-0.05, 0) is 36.3 Å². The first-order valence-corrected chi connectivity index (χ1v) is 7.88. The standard InChI is InChI=1S/C20H18N2O3/c1-13(15-5-3-2-4-6-15)21-12-17-19(24)18(22-20(17)25)11-14-7-9-16(23)10-8-14/h2-13,23-24H,1H3,(H,22,25)/b18-11-,21-12?/t13-/m1/s1. The molecule has 0 unspecified atom stereocenters. The van der Waals surface area contributed by atoms with Gasteiger partial charge >= 0.3 is 0 Å². The van der Waals surface area contributed by atoms with Gasteiger partial charge in [0.25, 0.3) is 5.91 Å². The van der Waals surface area contributed by atoms with Gasteiger partial charge in [-0.2, -0.15) is 0 Å². The summed E-state index contributed by atoms with van der Waals surface area (Å²) in [6, 6.07) is 16.0. The highest BCUT2D eigenvalue weighted by Gasteiger charge is 2.25. The van der Waals surface area contributed by atoms with E-state index < -0.39 is 5.91 Å². The zero-order chi connectivity index (χ0) is 17.8. The SMILES string of the molecule is C[C@@H](N=CC1=C(O)/C(=C/c2ccc(O)cc2)NC1=O)c1ccccc1. The molecular formula is C20H18N2O3. The molecule has 0 aliphatic carbocycles. The second-order valence-electron chi connectivity index (χ2n) is 5.73. The molecule has 3 rings (SSSR count). The smallest absolute Gasteiger partial charge is 0.261 e. The Bertz CT molecular complexity index is 866. The Morgan fingerprint density at radius 2 is 1.72 bits per heavy atom. The van der Waals surface area contributed by atoms with E-state index in [0.717, 1.165) is 11.1 Å². The lowest BCUT2D eigenvalue weighted by Gasteiger charge is -2.05. The Balaban J connectivity index is 1.83. The van der Waals surface area contributed by atoms with Crippen molar-refractivity contribution in [3.63, 3.8) is 0 Å². The fourth-order valence-corrected chi connectivity index (χ4v) is 2.47. The number of aliphatic hydroxyl groups is 1. The number of carbonyl (C=O) groups excluding carboxylic acids is 1. The number of hydrogen-bond acceptors (Lipinski definition) is 4. The van der Waals surface area contributed by atoms with Crippen molar-refractivity contribution < 1.29 is 15.0 Å². The molecule has 5 heteroatoms. The zero-order valence-electron chi connectivity index (χ0n) is 13.7. The minimum atomic E-state index is -0.397. The normalized spacial score (nSPS) is 17.3. The van der Waals surface area contributed by atoms with Gasteiger partial charge in [0.05, 0.1) is 11.7 Å². The molecule has 1 heterocycles. The van der Waals surface area contributed by atoms with Gasteiger partial charge < -0.3 is 15.5 Å². The minimum Gasteiger partial charge on any atom is -0.508 e. The summed E-state index contributed by atoms with van der Waals surface area (Å²) in [5, 5.41) is 22.2. The van der Waals surface area contributed by atoms with Crippen molar-refractivity contribution in [3.05, 3.63) is 82.8 Å². The summed E-state index contributed by atoms with van der Waals surface area (Å²) in [5.41, 5.74) is 2.21. The maximum absolute atomic E-state index is 12.1. The van der Waals surface area contributed by atoms with Crippen molar-refractivity contribution in [2.24, 2.45) is 4.99 Å². The van der Waals surface area contributed by atoms with Crippen LogP contribution in [0.5, 0.6) is 5.75 Å². The third-order valence-electron chi connectivity index (χ3n) is 3.92. The molecule has 1 aliphatic rings. The molecule has 1 atom stereocenters. The van der Waals surface area contributed by atoms with Crippen LogP contribution in [0.3, 0.4) is 0 Å². The molecule has 0 radical (unpaired) electrons. The van der Waals surface area contributed by atoms with E-state index in [2.05, 4.69) is 10.3 Å². The number of amides is 1. The molecule has 2 aromatic carbocycles. The van der Waals surface area contributed by atoms with Gasteiger partial charge in [0.1, 0.15) is 11.3 Å². The molecule has 0 saturated heterocycles. The number of aliphatic imine (C=N–C) groups is 1. The minimum absolute atomic E-state index is 0.126. The van der Waals surface area contributed by atoms with Crippen molar-refractivity contribution >= 4 is 18.2 Å². The molecule has 2 aromatic rings. The quantitative estimate of drug-likeness (QED) is 0.748. The van der Waals surface area contributed by atoms with E-state index >= 15 is 0 Å². The Morgan fingerprint density at radius 1 is 1.04 bits per heavy atom. The largest absolute Gasteiger partial charge is 0.508 e. The van der Waals surface area contributed by atoms with Crippen LogP contribution >= 0.6 is 0 Å². The molecule has 0 saturated carbocycles. The van der Waals surface area contributed by atoms with Crippen LogP contribution in [0.4, 0.5) is 0 Å². The van der Waals surface area contributed by atoms with Crippen molar-refractivity contribution in [2.75, 3.05) is 0 Å². The number of phenolic OH excluding ortho intramolecular Hbond substituents is 1. The van der Waals surface area contributed by atoms with Gasteiger partial charge in [-0.15, -0.1) is 0 Å². The molecule has 0 aromatic heterocycles. The predicted octanol–water partition coefficient (Wildman–Crippen LogP) is 3.51. The number of phenols is 1. The van der Waals surface area contributed by atoms with Crippen molar-refractivity contribution in [2.45, 2.75) is 13.0 Å². The Morgan fingerprint density at radius 3 is 2.40 bits per heavy atom. The molecule has 3 N–H and O–H groups in total. The summed E-state index contributed by atoms with van der Waals surface area (Å²) in [4.78, 5) is 16.5. The molecule has 5 nitrogen and oxygen atoms in total. The van der Waals surface area contributed by atoms with Gasteiger partial charge in [0, 0.05) is 6.21 Å². The Kier molecular flexibility index (Phi) is 4.66. The van der Waals surface area contributed by atoms with Crippen LogP contribution in [-0.4, -0.2) is 22.3 Å². The fourth-order valence-electron chi connectivity index (χ4n) is 2.47. The van der Waals surface area contributed by atoms with Crippen molar-refractivity contribution in [1.29, 1.82) is 0 Å². The summed E-state index contributed by atoms with van der Waals surface area (Å²) in [6.45, 7) is 1.92. The number of nitrogens with zero attached hydrogens (tertiary/aromatic N) is 1. The van der Waals surface area contributed by atoms with Crippen LogP contribution in [0, 0.1) is 0 Å². The summed E-state index contributed by atoms with van der Waals surface area (Å²) in [6.07, 6.45) is 3.04. The van der Waals surface area contributed by atoms with Gasteiger partial charge in [0.2, 0.25) is 0 Å². The molecule has 1 amide bonds. The molecule has 0 fully saturated rings. The maximum Gasteiger partial charge on any atom is 0.261 e. The number of nitrogens with one attached hydrogen (secondary N) is 1. The van der Waals surface area contributed by atoms with E-state index in [1.54, 1.807) is 18.2 Å². The number of hydrogen-bond donors (Lipinski definition) is 3. The van der Waals surface area contributed by atoms with Crippen molar-refractivity contribution in [1.82, 2.24) is 5.32 Å². The molecule has 126 valence electrons. The van der Waals surface area contributed by atoms with Crippen LogP contribution < -0.4 is 5.32 Å². The van der Waals surface area contributed by atoms with Crippen LogP contribution in [0.25, 0.3) is 6.08 Å². The van der Waals surface area contributed by atoms with E-state index in [4.69, 9.17) is 0 Å². The number of carbonyl (C=O) groups is 1. The lowest BCUT2D eigenvalue weighted by molar-refractivity contribution is -0.115. The first-order chi connectivity index (χ1) is 12.0. The van der Waals surface area contributed by atoms with E-state index in [9.17, 15) is 15.0 Å². The first kappa shape index (κ1) is 16.5. The van der Waals surface area contributed by atoms with Gasteiger partial charge in [-0.3, -0.25) is 9.79 Å². The second-order valence-corrected chi connectivity index (χ2v) is 5.73. The number of aromatic hydroxyl groups is 1. The van der Waals surface area contributed by atoms with Crippen LogP contribution in [0.2, 0.25) is 0 Å². The molecular weight excluding hydrogens is 316 g/mol. The average Bonchev–Trinajstić information content (AvgIpc) is 2.89. The van der Waals surface area contributed by atoms with E-state index in [1.165, 1.54) is 18.3 Å². The van der Waals surface area contributed by atoms with E-state index in [-0.39, 0.29) is 23.1 Å². The topological polar surface area (TPSA) is 81.9 Å². The van der Waals surface area contributed by atoms with Crippen LogP contribution in [0.1, 0.15) is 24.1 Å². The number of benzene rings is 2. The molecule has 0 bridgehead atoms. The first-order valence-electron chi connectivity index (χ1n) is 7.88. The van der Waals surface area contributed by atoms with Crippen molar-refractivity contribution in [3.8, 4) is 5.75 Å². The summed E-state index contributed by atoms with van der Waals surface area (Å²) in [7, 11) is 0. The highest BCUT2D eigenvalue weighted by atomic mass is 16.3. The Labute approximate surface area is 145 Å². The fraction of sp³-hybridized carbons (Fsp3) is 0.100. The summed E-state index contributed by atoms with van der Waals surface area (Å²) < 4.78 is 0. The van der Waals surface area contributed by atoms with Crippen LogP contribution in [0.15, 0.2) is 76.6 Å². The number of aliphatic hydroxyl groups excluding tert-OH is 1. The summed E-state index contributed by atoms with van der Waals surface area (Å²) in [5.74, 6) is -0.381. The maximum atomic E-state index is 12.1. The summed E-state index contributed by atoms with van der Waals surface area (Å²) >= 11 is 0. The lowest BCUT2D eigenvalue weighted by atomic mass is 10.1. The highest BCUT2D eigenvalue weighted by molar-refractivity contribution is 6.16. The van der Waals surface area contributed by atoms with E-state index in [1.807, 2.05) is 37.3 Å². The van der Waals surface area contributed by atoms with Gasteiger partial charge in [-0.1, -0.05) is 42.5 Å². The zero-order valence-corrected chi connectivity index (χ0v) is 13.7. The highest BCUT2D eigenvalue weighted by Crippen LogP contribution is 2.22. The van der Waals surface area contributed by atoms with Gasteiger partial charge in [-0.25, -0.2) is 0 Å². The molecule has 25 heavy (non-hydrogen) atoms. The average molecular weight is 334 g/mol. The van der Waals surface area contributed by atoms with Crippen LogP contribution in [-0.2, 0) is 4.79 Å². The second kappa shape index (κ2) is 7.05. The third-order valence-corrected chi connectivity index (χ3v) is 3.92. The molecule has 0 spiro atoms. The molecule has 1 aliphatic heterocycles. The van der Waals surface area contributed by atoms with E-state index in [0.29, 0.717) is 5.70 Å². The predicted molar refractivity (Wildman–Crippen MR) is 97.2 cm³/mol.